The molecule has 1 N–H and O–H groups in total. The number of benzene rings is 1. The Balaban J connectivity index is 2.11. The summed E-state index contributed by atoms with van der Waals surface area (Å²) in [5.41, 5.74) is 0.0879. The second-order valence-corrected chi connectivity index (χ2v) is 3.79. The number of hydrogen-bond acceptors (Lipinski definition) is 4. The van der Waals surface area contributed by atoms with Gasteiger partial charge in [0.05, 0.1) is 20.0 Å². The average Bonchev–Trinajstić information content (AvgIpc) is 2.91. The number of carboxylic acid groups (broad SMARTS) is 1. The van der Waals surface area contributed by atoms with Crippen LogP contribution in [0.1, 0.15) is 10.4 Å². The first-order valence-corrected chi connectivity index (χ1v) is 5.71. The van der Waals surface area contributed by atoms with Gasteiger partial charge in [0.15, 0.2) is 11.5 Å². The predicted octanol–water partition coefficient (Wildman–Crippen LogP) is 1.67. The zero-order valence-corrected chi connectivity index (χ0v) is 10.4. The minimum Gasteiger partial charge on any atom is -0.493 e. The molecule has 0 saturated heterocycles. The third-order valence-corrected chi connectivity index (χ3v) is 2.58. The summed E-state index contributed by atoms with van der Waals surface area (Å²) in [6.45, 7) is 0.911. The molecule has 0 aliphatic rings. The molecular formula is C13H14N2O4. The molecule has 0 bridgehead atoms. The number of aromatic nitrogens is 2. The summed E-state index contributed by atoms with van der Waals surface area (Å²) in [7, 11) is 1.48. The van der Waals surface area contributed by atoms with Crippen LogP contribution in [0.5, 0.6) is 11.5 Å². The van der Waals surface area contributed by atoms with E-state index in [0.29, 0.717) is 18.9 Å². The lowest BCUT2D eigenvalue weighted by Gasteiger charge is -2.13. The maximum absolute atomic E-state index is 11.1. The highest BCUT2D eigenvalue weighted by Gasteiger charge is 2.15. The van der Waals surface area contributed by atoms with Gasteiger partial charge in [-0.3, -0.25) is 0 Å². The van der Waals surface area contributed by atoms with Crippen molar-refractivity contribution in [3.63, 3.8) is 0 Å². The summed E-state index contributed by atoms with van der Waals surface area (Å²) < 4.78 is 12.5. The van der Waals surface area contributed by atoms with E-state index in [0.717, 1.165) is 0 Å². The maximum atomic E-state index is 11.1. The summed E-state index contributed by atoms with van der Waals surface area (Å²) in [5, 5.41) is 9.12. The molecule has 1 aromatic heterocycles. The minimum absolute atomic E-state index is 0.0879. The number of rotatable bonds is 6. The summed E-state index contributed by atoms with van der Waals surface area (Å²) in [6.07, 6.45) is 5.15. The van der Waals surface area contributed by atoms with Gasteiger partial charge in [-0.1, -0.05) is 6.07 Å². The van der Waals surface area contributed by atoms with Crippen LogP contribution in [0.25, 0.3) is 0 Å². The van der Waals surface area contributed by atoms with E-state index in [1.165, 1.54) is 13.2 Å². The van der Waals surface area contributed by atoms with E-state index in [9.17, 15) is 4.79 Å². The number of methoxy groups -OCH3 is 1. The highest BCUT2D eigenvalue weighted by Crippen LogP contribution is 2.31. The average molecular weight is 262 g/mol. The van der Waals surface area contributed by atoms with Crippen molar-refractivity contribution >= 4 is 5.97 Å². The van der Waals surface area contributed by atoms with Crippen molar-refractivity contribution in [3.05, 3.63) is 42.5 Å². The fourth-order valence-corrected chi connectivity index (χ4v) is 1.67. The van der Waals surface area contributed by atoms with Gasteiger partial charge in [-0.15, -0.1) is 0 Å². The van der Waals surface area contributed by atoms with E-state index >= 15 is 0 Å². The van der Waals surface area contributed by atoms with Gasteiger partial charge in [-0.25, -0.2) is 9.78 Å². The van der Waals surface area contributed by atoms with Crippen LogP contribution >= 0.6 is 0 Å². The monoisotopic (exact) mass is 262 g/mol. The lowest BCUT2D eigenvalue weighted by atomic mass is 10.2. The lowest BCUT2D eigenvalue weighted by Crippen LogP contribution is -2.10. The Hall–Kier alpha value is -2.50. The van der Waals surface area contributed by atoms with Crippen molar-refractivity contribution in [3.8, 4) is 11.5 Å². The first kappa shape index (κ1) is 12.9. The fourth-order valence-electron chi connectivity index (χ4n) is 1.67. The van der Waals surface area contributed by atoms with Gasteiger partial charge in [-0.2, -0.15) is 0 Å². The highest BCUT2D eigenvalue weighted by atomic mass is 16.5. The largest absolute Gasteiger partial charge is 0.493 e. The van der Waals surface area contributed by atoms with Gasteiger partial charge in [0, 0.05) is 12.4 Å². The van der Waals surface area contributed by atoms with Gasteiger partial charge in [-0.05, 0) is 12.1 Å². The Morgan fingerprint density at radius 3 is 2.95 bits per heavy atom. The van der Waals surface area contributed by atoms with E-state index < -0.39 is 5.97 Å². The van der Waals surface area contributed by atoms with E-state index in [1.807, 2.05) is 10.8 Å². The van der Waals surface area contributed by atoms with Crippen LogP contribution in [0, 0.1) is 0 Å². The molecule has 0 unspecified atom stereocenters. The van der Waals surface area contributed by atoms with Crippen LogP contribution in [-0.4, -0.2) is 34.3 Å². The Morgan fingerprint density at radius 1 is 1.47 bits per heavy atom. The molecule has 1 heterocycles. The molecule has 2 rings (SSSR count). The zero-order chi connectivity index (χ0) is 13.7. The molecule has 6 heteroatoms. The van der Waals surface area contributed by atoms with Gasteiger partial charge in [0.25, 0.3) is 0 Å². The lowest BCUT2D eigenvalue weighted by molar-refractivity contribution is 0.0691. The van der Waals surface area contributed by atoms with Crippen LogP contribution in [0.4, 0.5) is 0 Å². The Morgan fingerprint density at radius 2 is 2.32 bits per heavy atom. The van der Waals surface area contributed by atoms with E-state index in [4.69, 9.17) is 14.6 Å². The third-order valence-electron chi connectivity index (χ3n) is 2.58. The van der Waals surface area contributed by atoms with Gasteiger partial charge < -0.3 is 19.1 Å². The molecule has 0 fully saturated rings. The molecule has 0 saturated carbocycles. The molecule has 0 atom stereocenters. The molecular weight excluding hydrogens is 248 g/mol. The van der Waals surface area contributed by atoms with E-state index in [1.54, 1.807) is 24.7 Å². The quantitative estimate of drug-likeness (QED) is 0.857. The van der Waals surface area contributed by atoms with Crippen molar-refractivity contribution in [1.29, 1.82) is 0 Å². The van der Waals surface area contributed by atoms with Crippen LogP contribution in [0.2, 0.25) is 0 Å². The molecule has 0 aliphatic carbocycles. The number of hydrogen-bond donors (Lipinski definition) is 1. The minimum atomic E-state index is -1.04. The normalized spacial score (nSPS) is 10.2. The standard InChI is InChI=1S/C13H14N2O4/c1-18-11-4-2-3-10(13(16)17)12(11)19-8-7-15-6-5-14-9-15/h2-6,9H,7-8H2,1H3,(H,16,17). The number of carbonyl (C=O) groups is 1. The molecule has 19 heavy (non-hydrogen) atoms. The van der Waals surface area contributed by atoms with Crippen molar-refractivity contribution in [2.45, 2.75) is 6.54 Å². The van der Waals surface area contributed by atoms with Crippen LogP contribution in [0.3, 0.4) is 0 Å². The molecule has 6 nitrogen and oxygen atoms in total. The van der Waals surface area contributed by atoms with Gasteiger partial charge in [0.1, 0.15) is 12.2 Å². The number of imidazole rings is 1. The molecule has 1 aromatic carbocycles. The summed E-state index contributed by atoms with van der Waals surface area (Å²) in [4.78, 5) is 15.0. The Bertz CT molecular complexity index is 552. The third kappa shape index (κ3) is 3.04. The molecule has 0 aliphatic heterocycles. The number of para-hydroxylation sites is 1. The van der Waals surface area contributed by atoms with Gasteiger partial charge in [0.2, 0.25) is 0 Å². The van der Waals surface area contributed by atoms with Crippen molar-refractivity contribution in [2.24, 2.45) is 0 Å². The van der Waals surface area contributed by atoms with Crippen molar-refractivity contribution in [2.75, 3.05) is 13.7 Å². The maximum Gasteiger partial charge on any atom is 0.339 e. The summed E-state index contributed by atoms with van der Waals surface area (Å²) >= 11 is 0. The molecule has 0 amide bonds. The fraction of sp³-hybridized carbons (Fsp3) is 0.231. The molecule has 0 spiro atoms. The molecule has 100 valence electrons. The Kier molecular flexibility index (Phi) is 4.02. The van der Waals surface area contributed by atoms with Gasteiger partial charge >= 0.3 is 5.97 Å². The molecule has 0 radical (unpaired) electrons. The predicted molar refractivity (Wildman–Crippen MR) is 67.7 cm³/mol. The first-order chi connectivity index (χ1) is 9.22. The second-order valence-electron chi connectivity index (χ2n) is 3.79. The van der Waals surface area contributed by atoms with Crippen molar-refractivity contribution < 1.29 is 19.4 Å². The smallest absolute Gasteiger partial charge is 0.339 e. The number of nitrogens with zero attached hydrogens (tertiary/aromatic N) is 2. The van der Waals surface area contributed by atoms with E-state index in [2.05, 4.69) is 4.98 Å². The van der Waals surface area contributed by atoms with Crippen LogP contribution < -0.4 is 9.47 Å². The summed E-state index contributed by atoms with van der Waals surface area (Å²) in [6, 6.07) is 4.77. The second kappa shape index (κ2) is 5.90. The highest BCUT2D eigenvalue weighted by molar-refractivity contribution is 5.92. The number of ether oxygens (including phenoxy) is 2. The first-order valence-electron chi connectivity index (χ1n) is 5.71. The van der Waals surface area contributed by atoms with Crippen LogP contribution in [-0.2, 0) is 6.54 Å². The molecule has 2 aromatic rings. The Labute approximate surface area is 110 Å². The zero-order valence-electron chi connectivity index (χ0n) is 10.4. The van der Waals surface area contributed by atoms with E-state index in [-0.39, 0.29) is 11.3 Å². The van der Waals surface area contributed by atoms with Crippen LogP contribution in [0.15, 0.2) is 36.9 Å². The number of aromatic carboxylic acids is 1. The SMILES string of the molecule is COc1cccc(C(=O)O)c1OCCn1ccnc1. The topological polar surface area (TPSA) is 73.6 Å². The summed E-state index contributed by atoms with van der Waals surface area (Å²) in [5.74, 6) is -0.389. The van der Waals surface area contributed by atoms with Crippen molar-refractivity contribution in [1.82, 2.24) is 9.55 Å². The number of carboxylic acids is 1.